The molecule has 9 heteroatoms. The summed E-state index contributed by atoms with van der Waals surface area (Å²) in [5, 5.41) is 1.93. The van der Waals surface area contributed by atoms with Crippen LogP contribution in [0, 0.1) is 0 Å². The minimum atomic E-state index is -3.54. The quantitative estimate of drug-likeness (QED) is 0.524. The van der Waals surface area contributed by atoms with Gasteiger partial charge in [-0.3, -0.25) is 0 Å². The molecule has 1 saturated heterocycles. The Labute approximate surface area is 179 Å². The Bertz CT molecular complexity index is 1080. The zero-order chi connectivity index (χ0) is 21.0. The molecular formula is C21H22N2O5S2. The lowest BCUT2D eigenvalue weighted by Gasteiger charge is -2.19. The molecule has 0 saturated carbocycles. The Morgan fingerprint density at radius 3 is 2.50 bits per heavy atom. The van der Waals surface area contributed by atoms with Crippen molar-refractivity contribution >= 4 is 27.3 Å². The van der Waals surface area contributed by atoms with Gasteiger partial charge in [-0.25, -0.2) is 18.2 Å². The van der Waals surface area contributed by atoms with Gasteiger partial charge in [0.05, 0.1) is 15.3 Å². The number of benzene rings is 1. The molecule has 0 aliphatic carbocycles. The second-order valence-corrected chi connectivity index (χ2v) is 9.93. The molecule has 1 aliphatic heterocycles. The van der Waals surface area contributed by atoms with Gasteiger partial charge < -0.3 is 9.15 Å². The smallest absolute Gasteiger partial charge is 0.338 e. The van der Waals surface area contributed by atoms with Gasteiger partial charge in [0, 0.05) is 13.1 Å². The molecule has 3 aromatic rings. The van der Waals surface area contributed by atoms with Crippen molar-refractivity contribution in [1.82, 2.24) is 9.29 Å². The van der Waals surface area contributed by atoms with Gasteiger partial charge in [-0.15, -0.1) is 11.3 Å². The van der Waals surface area contributed by atoms with Crippen LogP contribution >= 0.6 is 11.3 Å². The minimum absolute atomic E-state index is 0.0263. The van der Waals surface area contributed by atoms with Crippen molar-refractivity contribution in [2.75, 3.05) is 13.1 Å². The summed E-state index contributed by atoms with van der Waals surface area (Å²) >= 11 is 1.51. The summed E-state index contributed by atoms with van der Waals surface area (Å²) in [6.07, 6.45) is 5.31. The lowest BCUT2D eigenvalue weighted by molar-refractivity contribution is 0.0467. The van der Waals surface area contributed by atoms with Gasteiger partial charge in [0.1, 0.15) is 18.6 Å². The second kappa shape index (κ2) is 9.11. The number of hydrogen-bond acceptors (Lipinski definition) is 7. The van der Waals surface area contributed by atoms with Crippen molar-refractivity contribution < 1.29 is 22.4 Å². The van der Waals surface area contributed by atoms with Crippen LogP contribution in [0.2, 0.25) is 0 Å². The molecule has 0 radical (unpaired) electrons. The standard InChI is InChI=1S/C21H22N2O5S2/c24-21(28-15-17-14-27-20(22-17)19-6-5-13-29-19)16-7-9-18(10-8-16)30(25,26)23-11-3-1-2-4-12-23/h5-10,13-14H,1-4,11-12,15H2. The molecule has 3 heterocycles. The van der Waals surface area contributed by atoms with Crippen LogP contribution in [0.1, 0.15) is 41.7 Å². The number of carbonyl (C=O) groups excluding carboxylic acids is 1. The molecule has 158 valence electrons. The molecule has 1 aromatic carbocycles. The van der Waals surface area contributed by atoms with Crippen LogP contribution in [-0.2, 0) is 21.4 Å². The molecule has 0 spiro atoms. The van der Waals surface area contributed by atoms with Crippen LogP contribution < -0.4 is 0 Å². The fourth-order valence-corrected chi connectivity index (χ4v) is 5.48. The summed E-state index contributed by atoms with van der Waals surface area (Å²) in [5.74, 6) is -0.0616. The lowest BCUT2D eigenvalue weighted by atomic mass is 10.2. The Morgan fingerprint density at radius 2 is 1.83 bits per heavy atom. The van der Waals surface area contributed by atoms with Crippen molar-refractivity contribution in [2.24, 2.45) is 0 Å². The first-order valence-electron chi connectivity index (χ1n) is 9.80. The first-order valence-corrected chi connectivity index (χ1v) is 12.1. The van der Waals surface area contributed by atoms with E-state index in [1.165, 1.54) is 46.2 Å². The van der Waals surface area contributed by atoms with Crippen molar-refractivity contribution in [3.05, 3.63) is 59.3 Å². The Balaban J connectivity index is 1.38. The number of carbonyl (C=O) groups is 1. The van der Waals surface area contributed by atoms with Crippen LogP contribution in [-0.4, -0.2) is 36.8 Å². The van der Waals surface area contributed by atoms with Gasteiger partial charge in [0.15, 0.2) is 0 Å². The number of hydrogen-bond donors (Lipinski definition) is 0. The molecule has 4 rings (SSSR count). The van der Waals surface area contributed by atoms with Crippen LogP contribution in [0.15, 0.2) is 57.4 Å². The zero-order valence-electron chi connectivity index (χ0n) is 16.3. The molecule has 7 nitrogen and oxygen atoms in total. The lowest BCUT2D eigenvalue weighted by Crippen LogP contribution is -2.31. The molecule has 2 aromatic heterocycles. The molecular weight excluding hydrogens is 424 g/mol. The third-order valence-electron chi connectivity index (χ3n) is 4.93. The van der Waals surface area contributed by atoms with Gasteiger partial charge >= 0.3 is 5.97 Å². The summed E-state index contributed by atoms with van der Waals surface area (Å²) in [6.45, 7) is 1.05. The number of nitrogens with zero attached hydrogens (tertiary/aromatic N) is 2. The highest BCUT2D eigenvalue weighted by Gasteiger charge is 2.25. The molecule has 0 atom stereocenters. The van der Waals surface area contributed by atoms with E-state index in [1.54, 1.807) is 0 Å². The number of thiophene rings is 1. The Morgan fingerprint density at radius 1 is 1.10 bits per heavy atom. The van der Waals surface area contributed by atoms with Crippen LogP contribution in [0.3, 0.4) is 0 Å². The van der Waals surface area contributed by atoms with E-state index < -0.39 is 16.0 Å². The highest BCUT2D eigenvalue weighted by molar-refractivity contribution is 7.89. The fraction of sp³-hybridized carbons (Fsp3) is 0.333. The van der Waals surface area contributed by atoms with Crippen LogP contribution in [0.25, 0.3) is 10.8 Å². The van der Waals surface area contributed by atoms with E-state index in [0.717, 1.165) is 30.6 Å². The topological polar surface area (TPSA) is 89.7 Å². The summed E-state index contributed by atoms with van der Waals surface area (Å²) in [6, 6.07) is 9.68. The maximum Gasteiger partial charge on any atom is 0.338 e. The van der Waals surface area contributed by atoms with E-state index >= 15 is 0 Å². The predicted octanol–water partition coefficient (Wildman–Crippen LogP) is 4.32. The van der Waals surface area contributed by atoms with Gasteiger partial charge in [0.2, 0.25) is 15.9 Å². The van der Waals surface area contributed by atoms with Crippen LogP contribution in [0.4, 0.5) is 0 Å². The summed E-state index contributed by atoms with van der Waals surface area (Å²) < 4.78 is 37.9. The number of ether oxygens (including phenoxy) is 1. The van der Waals surface area contributed by atoms with Crippen molar-refractivity contribution in [1.29, 1.82) is 0 Å². The average Bonchev–Trinajstić information content (AvgIpc) is 3.38. The van der Waals surface area contributed by atoms with Gasteiger partial charge in [0.25, 0.3) is 0 Å². The summed E-state index contributed by atoms with van der Waals surface area (Å²) in [7, 11) is -3.54. The van der Waals surface area contributed by atoms with E-state index in [9.17, 15) is 13.2 Å². The second-order valence-electron chi connectivity index (χ2n) is 7.04. The monoisotopic (exact) mass is 446 g/mol. The number of sulfonamides is 1. The normalized spacial score (nSPS) is 15.6. The molecule has 1 fully saturated rings. The number of esters is 1. The SMILES string of the molecule is O=C(OCc1coc(-c2cccs2)n1)c1ccc(S(=O)(=O)N2CCCCCC2)cc1. The third-order valence-corrected chi connectivity index (χ3v) is 7.70. The van der Waals surface area contributed by atoms with Gasteiger partial charge in [-0.2, -0.15) is 4.31 Å². The van der Waals surface area contributed by atoms with E-state index in [0.29, 0.717) is 24.7 Å². The molecule has 30 heavy (non-hydrogen) atoms. The first kappa shape index (κ1) is 20.8. The molecule has 0 bridgehead atoms. The largest absolute Gasteiger partial charge is 0.455 e. The third kappa shape index (κ3) is 4.63. The molecule has 0 amide bonds. The summed E-state index contributed by atoms with van der Waals surface area (Å²) in [4.78, 5) is 17.7. The van der Waals surface area contributed by atoms with E-state index in [2.05, 4.69) is 4.98 Å². The number of aromatic nitrogens is 1. The van der Waals surface area contributed by atoms with E-state index in [4.69, 9.17) is 9.15 Å². The number of rotatable bonds is 6. The maximum atomic E-state index is 12.8. The van der Waals surface area contributed by atoms with Crippen molar-refractivity contribution in [3.8, 4) is 10.8 Å². The van der Waals surface area contributed by atoms with E-state index in [1.807, 2.05) is 17.5 Å². The van der Waals surface area contributed by atoms with Crippen LogP contribution in [0.5, 0.6) is 0 Å². The maximum absolute atomic E-state index is 12.8. The number of oxazole rings is 1. The molecule has 0 unspecified atom stereocenters. The zero-order valence-corrected chi connectivity index (χ0v) is 18.0. The van der Waals surface area contributed by atoms with E-state index in [-0.39, 0.29) is 17.1 Å². The fourth-order valence-electron chi connectivity index (χ4n) is 3.30. The average molecular weight is 447 g/mol. The molecule has 1 aliphatic rings. The van der Waals surface area contributed by atoms with Gasteiger partial charge in [-0.1, -0.05) is 18.9 Å². The highest BCUT2D eigenvalue weighted by atomic mass is 32.2. The Hall–Kier alpha value is -2.49. The van der Waals surface area contributed by atoms with Crippen molar-refractivity contribution in [3.63, 3.8) is 0 Å². The highest BCUT2D eigenvalue weighted by Crippen LogP contribution is 2.24. The first-order chi connectivity index (χ1) is 14.5. The molecule has 0 N–H and O–H groups in total. The predicted molar refractivity (Wildman–Crippen MR) is 113 cm³/mol. The Kier molecular flexibility index (Phi) is 6.31. The minimum Gasteiger partial charge on any atom is -0.455 e. The van der Waals surface area contributed by atoms with Crippen molar-refractivity contribution in [2.45, 2.75) is 37.2 Å². The van der Waals surface area contributed by atoms with Gasteiger partial charge in [-0.05, 0) is 48.6 Å². The summed E-state index contributed by atoms with van der Waals surface area (Å²) in [5.41, 5.74) is 0.791.